The molecule has 3 amide bonds. The number of amides is 3. The van der Waals surface area contributed by atoms with Crippen LogP contribution in [0.25, 0.3) is 0 Å². The van der Waals surface area contributed by atoms with Crippen molar-refractivity contribution in [2.75, 3.05) is 27.2 Å². The van der Waals surface area contributed by atoms with Gasteiger partial charge in [0.25, 0.3) is 0 Å². The van der Waals surface area contributed by atoms with Gasteiger partial charge in [0.05, 0.1) is 0 Å². The van der Waals surface area contributed by atoms with Crippen molar-refractivity contribution in [1.82, 2.24) is 15.1 Å². The summed E-state index contributed by atoms with van der Waals surface area (Å²) in [6, 6.07) is 0.0447. The summed E-state index contributed by atoms with van der Waals surface area (Å²) < 4.78 is 0. The van der Waals surface area contributed by atoms with Crippen molar-refractivity contribution in [3.05, 3.63) is 0 Å². The van der Waals surface area contributed by atoms with Gasteiger partial charge >= 0.3 is 6.03 Å². The number of nitrogens with zero attached hydrogens (tertiary/aromatic N) is 2. The summed E-state index contributed by atoms with van der Waals surface area (Å²) in [4.78, 5) is 26.6. The average Bonchev–Trinajstić information content (AvgIpc) is 2.98. The topological polar surface area (TPSA) is 52.7 Å². The summed E-state index contributed by atoms with van der Waals surface area (Å²) in [7, 11) is 3.44. The van der Waals surface area contributed by atoms with Crippen LogP contribution < -0.4 is 5.32 Å². The molecular formula is C11H19N3O2. The molecule has 2 rings (SSSR count). The Hall–Kier alpha value is -1.26. The highest BCUT2D eigenvalue weighted by molar-refractivity contribution is 5.81. The van der Waals surface area contributed by atoms with Crippen LogP contribution in [0.5, 0.6) is 0 Å². The largest absolute Gasteiger partial charge is 0.340 e. The molecule has 1 atom stereocenters. The van der Waals surface area contributed by atoms with Gasteiger partial charge in [-0.2, -0.15) is 0 Å². The molecule has 1 N–H and O–H groups in total. The lowest BCUT2D eigenvalue weighted by Gasteiger charge is -2.18. The molecular weight excluding hydrogens is 206 g/mol. The third-order valence-electron chi connectivity index (χ3n) is 3.16. The van der Waals surface area contributed by atoms with Gasteiger partial charge in [-0.05, 0) is 19.3 Å². The van der Waals surface area contributed by atoms with Gasteiger partial charge in [-0.15, -0.1) is 0 Å². The first-order valence-corrected chi connectivity index (χ1v) is 5.84. The average molecular weight is 225 g/mol. The van der Waals surface area contributed by atoms with Crippen LogP contribution in [0.3, 0.4) is 0 Å². The minimum absolute atomic E-state index is 0.0780. The van der Waals surface area contributed by atoms with Gasteiger partial charge in [-0.3, -0.25) is 4.79 Å². The number of hydrogen-bond donors (Lipinski definition) is 1. The maximum Gasteiger partial charge on any atom is 0.317 e. The second-order valence-electron chi connectivity index (χ2n) is 4.89. The van der Waals surface area contributed by atoms with Gasteiger partial charge in [0.1, 0.15) is 0 Å². The summed E-state index contributed by atoms with van der Waals surface area (Å²) in [6.45, 7) is 1.46. The van der Waals surface area contributed by atoms with Crippen LogP contribution in [0.15, 0.2) is 0 Å². The predicted molar refractivity (Wildman–Crippen MR) is 59.9 cm³/mol. The molecule has 16 heavy (non-hydrogen) atoms. The number of nitrogens with one attached hydrogen (secondary N) is 1. The number of urea groups is 1. The van der Waals surface area contributed by atoms with E-state index in [9.17, 15) is 9.59 Å². The summed E-state index contributed by atoms with van der Waals surface area (Å²) in [5.74, 6) is 0.560. The van der Waals surface area contributed by atoms with Crippen LogP contribution in [-0.2, 0) is 4.79 Å². The summed E-state index contributed by atoms with van der Waals surface area (Å²) in [5.41, 5.74) is 0. The molecule has 1 heterocycles. The zero-order valence-electron chi connectivity index (χ0n) is 9.90. The van der Waals surface area contributed by atoms with Gasteiger partial charge in [-0.25, -0.2) is 4.79 Å². The van der Waals surface area contributed by atoms with Crippen molar-refractivity contribution in [2.45, 2.75) is 25.3 Å². The Labute approximate surface area is 95.8 Å². The molecule has 1 aliphatic carbocycles. The maximum absolute atomic E-state index is 11.8. The van der Waals surface area contributed by atoms with E-state index in [4.69, 9.17) is 0 Å². The zero-order chi connectivity index (χ0) is 11.7. The molecule has 0 aromatic rings. The highest BCUT2D eigenvalue weighted by atomic mass is 16.2. The van der Waals surface area contributed by atoms with E-state index in [1.165, 1.54) is 4.90 Å². The predicted octanol–water partition coefficient (Wildman–Crippen LogP) is 0.268. The normalized spacial score (nSPS) is 24.4. The molecule has 1 aliphatic heterocycles. The highest BCUT2D eigenvalue weighted by Crippen LogP contribution is 2.32. The molecule has 1 saturated carbocycles. The Morgan fingerprint density at radius 1 is 1.25 bits per heavy atom. The third kappa shape index (κ3) is 2.46. The zero-order valence-corrected chi connectivity index (χ0v) is 9.90. The van der Waals surface area contributed by atoms with Crippen LogP contribution in [-0.4, -0.2) is 55.0 Å². The lowest BCUT2D eigenvalue weighted by molar-refractivity contribution is -0.131. The molecule has 5 nitrogen and oxygen atoms in total. The minimum atomic E-state index is -0.0780. The van der Waals surface area contributed by atoms with Crippen molar-refractivity contribution >= 4 is 11.9 Å². The summed E-state index contributed by atoms with van der Waals surface area (Å²) >= 11 is 0. The van der Waals surface area contributed by atoms with Gasteiger partial charge < -0.3 is 15.1 Å². The van der Waals surface area contributed by atoms with Gasteiger partial charge in [-0.1, -0.05) is 0 Å². The molecule has 0 bridgehead atoms. The molecule has 0 radical (unpaired) electrons. The third-order valence-corrected chi connectivity index (χ3v) is 3.16. The lowest BCUT2D eigenvalue weighted by Crippen LogP contribution is -2.43. The molecule has 2 aliphatic rings. The van der Waals surface area contributed by atoms with Crippen molar-refractivity contribution < 1.29 is 9.59 Å². The van der Waals surface area contributed by atoms with E-state index in [0.717, 1.165) is 25.8 Å². The number of rotatable bonds is 2. The first kappa shape index (κ1) is 11.2. The Bertz CT molecular complexity index is 300. The smallest absolute Gasteiger partial charge is 0.317 e. The second-order valence-corrected chi connectivity index (χ2v) is 4.89. The Morgan fingerprint density at radius 3 is 2.50 bits per heavy atom. The Balaban J connectivity index is 1.79. The quantitative estimate of drug-likeness (QED) is 0.733. The van der Waals surface area contributed by atoms with Gasteiger partial charge in [0.2, 0.25) is 5.91 Å². The van der Waals surface area contributed by atoms with E-state index < -0.39 is 0 Å². The van der Waals surface area contributed by atoms with Crippen molar-refractivity contribution in [3.63, 3.8) is 0 Å². The standard InChI is InChI=1S/C11H19N3O2/c1-13(2)11(16)12-9-5-6-14(7-9)10(15)8-3-4-8/h8-9H,3-7H2,1-2H3,(H,12,16). The molecule has 0 aromatic heterocycles. The monoisotopic (exact) mass is 225 g/mol. The molecule has 2 fully saturated rings. The fourth-order valence-corrected chi connectivity index (χ4v) is 1.97. The van der Waals surface area contributed by atoms with E-state index >= 15 is 0 Å². The molecule has 1 saturated heterocycles. The van der Waals surface area contributed by atoms with E-state index in [0.29, 0.717) is 6.54 Å². The van der Waals surface area contributed by atoms with Crippen LogP contribution >= 0.6 is 0 Å². The van der Waals surface area contributed by atoms with Gasteiger partial charge in [0.15, 0.2) is 0 Å². The fourth-order valence-electron chi connectivity index (χ4n) is 1.97. The second kappa shape index (κ2) is 4.31. The minimum Gasteiger partial charge on any atom is -0.340 e. The fraction of sp³-hybridized carbons (Fsp3) is 0.818. The van der Waals surface area contributed by atoms with Crippen molar-refractivity contribution in [1.29, 1.82) is 0 Å². The SMILES string of the molecule is CN(C)C(=O)NC1CCN(C(=O)C2CC2)C1. The van der Waals surface area contributed by atoms with E-state index in [1.807, 2.05) is 4.90 Å². The molecule has 0 aromatic carbocycles. The van der Waals surface area contributed by atoms with E-state index in [1.54, 1.807) is 14.1 Å². The van der Waals surface area contributed by atoms with Crippen LogP contribution in [0.1, 0.15) is 19.3 Å². The van der Waals surface area contributed by atoms with Gasteiger partial charge in [0, 0.05) is 39.1 Å². The van der Waals surface area contributed by atoms with E-state index in [-0.39, 0.29) is 23.9 Å². The highest BCUT2D eigenvalue weighted by Gasteiger charge is 2.36. The number of carbonyl (C=O) groups is 2. The summed E-state index contributed by atoms with van der Waals surface area (Å²) in [6.07, 6.45) is 2.96. The van der Waals surface area contributed by atoms with E-state index in [2.05, 4.69) is 5.32 Å². The lowest BCUT2D eigenvalue weighted by atomic mass is 10.3. The van der Waals surface area contributed by atoms with Crippen LogP contribution in [0.4, 0.5) is 4.79 Å². The number of hydrogen-bond acceptors (Lipinski definition) is 2. The van der Waals surface area contributed by atoms with Crippen molar-refractivity contribution in [2.24, 2.45) is 5.92 Å². The maximum atomic E-state index is 11.8. The van der Waals surface area contributed by atoms with Crippen molar-refractivity contribution in [3.8, 4) is 0 Å². The molecule has 90 valence electrons. The Kier molecular flexibility index (Phi) is 3.03. The number of likely N-dealkylation sites (tertiary alicyclic amines) is 1. The first-order valence-electron chi connectivity index (χ1n) is 5.84. The number of carbonyl (C=O) groups excluding carboxylic acids is 2. The first-order chi connectivity index (χ1) is 7.58. The molecule has 0 spiro atoms. The molecule has 1 unspecified atom stereocenters. The summed E-state index contributed by atoms with van der Waals surface area (Å²) in [5, 5.41) is 2.92. The van der Waals surface area contributed by atoms with Crippen LogP contribution in [0.2, 0.25) is 0 Å². The van der Waals surface area contributed by atoms with Crippen LogP contribution in [0, 0.1) is 5.92 Å². The Morgan fingerprint density at radius 2 is 1.94 bits per heavy atom. The molecule has 5 heteroatoms.